The van der Waals surface area contributed by atoms with Crippen LogP contribution in [0.5, 0.6) is 0 Å². The number of anilines is 2. The fourth-order valence-corrected chi connectivity index (χ4v) is 2.33. The number of rotatable bonds is 2. The average molecular weight is 388 g/mol. The van der Waals surface area contributed by atoms with Crippen molar-refractivity contribution in [3.05, 3.63) is 57.0 Å². The van der Waals surface area contributed by atoms with Crippen LogP contribution >= 0.6 is 39.1 Å². The van der Waals surface area contributed by atoms with Crippen LogP contribution in [-0.2, 0) is 9.59 Å². The summed E-state index contributed by atoms with van der Waals surface area (Å²) in [6.45, 7) is 0. The summed E-state index contributed by atoms with van der Waals surface area (Å²) in [5, 5.41) is 5.64. The number of carbonyl (C=O) groups is 2. The van der Waals surface area contributed by atoms with Crippen molar-refractivity contribution in [3.63, 3.8) is 0 Å². The number of amides is 2. The molecule has 2 N–H and O–H groups in total. The van der Waals surface area contributed by atoms with Crippen molar-refractivity contribution in [1.29, 1.82) is 0 Å². The van der Waals surface area contributed by atoms with Crippen LogP contribution in [0.1, 0.15) is 0 Å². The predicted octanol–water partition coefficient (Wildman–Crippen LogP) is 4.33. The molecular formula is C14H9BrCl2N2O2. The van der Waals surface area contributed by atoms with E-state index >= 15 is 0 Å². The van der Waals surface area contributed by atoms with Gasteiger partial charge >= 0.3 is 11.8 Å². The maximum absolute atomic E-state index is 11.8. The van der Waals surface area contributed by atoms with Gasteiger partial charge in [-0.3, -0.25) is 9.59 Å². The van der Waals surface area contributed by atoms with E-state index in [2.05, 4.69) is 26.6 Å². The highest BCUT2D eigenvalue weighted by Crippen LogP contribution is 2.22. The molecule has 7 heteroatoms. The van der Waals surface area contributed by atoms with Crippen molar-refractivity contribution in [1.82, 2.24) is 0 Å². The van der Waals surface area contributed by atoms with Crippen molar-refractivity contribution >= 4 is 62.3 Å². The van der Waals surface area contributed by atoms with E-state index in [1.165, 1.54) is 18.2 Å². The van der Waals surface area contributed by atoms with Gasteiger partial charge in [-0.25, -0.2) is 0 Å². The Bertz CT molecular complexity index is 670. The lowest BCUT2D eigenvalue weighted by atomic mass is 10.3. The van der Waals surface area contributed by atoms with Gasteiger partial charge in [0.1, 0.15) is 0 Å². The quantitative estimate of drug-likeness (QED) is 0.753. The van der Waals surface area contributed by atoms with Gasteiger partial charge in [-0.05, 0) is 42.5 Å². The van der Waals surface area contributed by atoms with Gasteiger partial charge in [0.15, 0.2) is 0 Å². The highest BCUT2D eigenvalue weighted by Gasteiger charge is 2.14. The third-order valence-corrected chi connectivity index (χ3v) is 3.39. The minimum absolute atomic E-state index is 0.350. The molecule has 0 spiro atoms. The molecule has 0 fully saturated rings. The van der Waals surface area contributed by atoms with Gasteiger partial charge in [-0.15, -0.1) is 0 Å². The molecule has 0 radical (unpaired) electrons. The van der Waals surface area contributed by atoms with Gasteiger partial charge < -0.3 is 10.6 Å². The first-order chi connectivity index (χ1) is 9.94. The van der Waals surface area contributed by atoms with Crippen molar-refractivity contribution in [2.24, 2.45) is 0 Å². The molecule has 0 heterocycles. The van der Waals surface area contributed by atoms with Crippen LogP contribution in [0, 0.1) is 0 Å². The van der Waals surface area contributed by atoms with Crippen LogP contribution < -0.4 is 10.6 Å². The highest BCUT2D eigenvalue weighted by atomic mass is 79.9. The lowest BCUT2D eigenvalue weighted by Gasteiger charge is -2.07. The second-order valence-electron chi connectivity index (χ2n) is 4.07. The number of nitrogens with one attached hydrogen (secondary N) is 2. The molecule has 0 aliphatic carbocycles. The Morgan fingerprint density at radius 1 is 0.810 bits per heavy atom. The zero-order valence-electron chi connectivity index (χ0n) is 10.5. The number of hydrogen-bond acceptors (Lipinski definition) is 2. The monoisotopic (exact) mass is 386 g/mol. The average Bonchev–Trinajstić information content (AvgIpc) is 2.40. The van der Waals surface area contributed by atoms with Gasteiger partial charge in [0, 0.05) is 25.9 Å². The number of benzene rings is 2. The summed E-state index contributed by atoms with van der Waals surface area (Å²) in [5.41, 5.74) is 0.867. The Balaban J connectivity index is 2.02. The molecule has 4 nitrogen and oxygen atoms in total. The van der Waals surface area contributed by atoms with Crippen LogP contribution in [0.3, 0.4) is 0 Å². The van der Waals surface area contributed by atoms with Crippen LogP contribution in [0.2, 0.25) is 10.0 Å². The van der Waals surface area contributed by atoms with Crippen LogP contribution in [0.15, 0.2) is 46.9 Å². The smallest absolute Gasteiger partial charge is 0.314 e. The molecular weight excluding hydrogens is 379 g/mol. The maximum atomic E-state index is 11.8. The molecule has 0 saturated carbocycles. The van der Waals surface area contributed by atoms with Gasteiger partial charge in [-0.2, -0.15) is 0 Å². The van der Waals surface area contributed by atoms with Gasteiger partial charge in [-0.1, -0.05) is 39.1 Å². The normalized spacial score (nSPS) is 10.0. The molecule has 0 aromatic heterocycles. The van der Waals surface area contributed by atoms with Crippen LogP contribution in [0.25, 0.3) is 0 Å². The fraction of sp³-hybridized carbons (Fsp3) is 0. The molecule has 2 amide bonds. The zero-order valence-corrected chi connectivity index (χ0v) is 13.6. The third-order valence-electron chi connectivity index (χ3n) is 2.43. The Labute approximate surface area is 139 Å². The molecule has 0 aliphatic heterocycles. The zero-order chi connectivity index (χ0) is 15.4. The summed E-state index contributed by atoms with van der Waals surface area (Å²) in [7, 11) is 0. The minimum atomic E-state index is -0.809. The molecule has 0 aliphatic rings. The summed E-state index contributed by atoms with van der Waals surface area (Å²) in [6.07, 6.45) is 0. The van der Waals surface area contributed by atoms with Crippen LogP contribution in [0.4, 0.5) is 11.4 Å². The molecule has 0 unspecified atom stereocenters. The summed E-state index contributed by atoms with van der Waals surface area (Å²) in [5.74, 6) is -1.59. The SMILES string of the molecule is O=C(Nc1ccc(Br)cc1)C(=O)Nc1cc(Cl)cc(Cl)c1. The van der Waals surface area contributed by atoms with E-state index in [1.54, 1.807) is 24.3 Å². The molecule has 2 rings (SSSR count). The molecule has 108 valence electrons. The van der Waals surface area contributed by atoms with Crippen molar-refractivity contribution < 1.29 is 9.59 Å². The Morgan fingerprint density at radius 2 is 1.29 bits per heavy atom. The van der Waals surface area contributed by atoms with E-state index in [0.29, 0.717) is 21.4 Å². The first kappa shape index (κ1) is 15.8. The van der Waals surface area contributed by atoms with Crippen molar-refractivity contribution in [2.45, 2.75) is 0 Å². The standard InChI is InChI=1S/C14H9BrCl2N2O2/c15-8-1-3-11(4-2-8)18-13(20)14(21)19-12-6-9(16)5-10(17)7-12/h1-7H,(H,18,20)(H,19,21). The van der Waals surface area contributed by atoms with E-state index in [4.69, 9.17) is 23.2 Å². The third kappa shape index (κ3) is 4.74. The summed E-state index contributed by atoms with van der Waals surface area (Å²) >= 11 is 14.9. The maximum Gasteiger partial charge on any atom is 0.314 e. The van der Waals surface area contributed by atoms with Gasteiger partial charge in [0.05, 0.1) is 0 Å². The molecule has 2 aromatic carbocycles. The predicted molar refractivity (Wildman–Crippen MR) is 87.9 cm³/mol. The van der Waals surface area contributed by atoms with Gasteiger partial charge in [0.25, 0.3) is 0 Å². The van der Waals surface area contributed by atoms with E-state index in [9.17, 15) is 9.59 Å². The summed E-state index contributed by atoms with van der Waals surface area (Å²) in [4.78, 5) is 23.6. The fourth-order valence-electron chi connectivity index (χ4n) is 1.53. The number of carbonyl (C=O) groups excluding carboxylic acids is 2. The molecule has 0 saturated heterocycles. The first-order valence-corrected chi connectivity index (χ1v) is 7.33. The molecule has 21 heavy (non-hydrogen) atoms. The number of halogens is 3. The van der Waals surface area contributed by atoms with E-state index in [1.807, 2.05) is 0 Å². The van der Waals surface area contributed by atoms with Crippen molar-refractivity contribution in [3.8, 4) is 0 Å². The van der Waals surface area contributed by atoms with Crippen LogP contribution in [-0.4, -0.2) is 11.8 Å². The Hall–Kier alpha value is -1.56. The topological polar surface area (TPSA) is 58.2 Å². The molecule has 2 aromatic rings. The lowest BCUT2D eigenvalue weighted by Crippen LogP contribution is -2.29. The number of hydrogen-bond donors (Lipinski definition) is 2. The minimum Gasteiger partial charge on any atom is -0.318 e. The summed E-state index contributed by atoms with van der Waals surface area (Å²) < 4.78 is 0.874. The molecule has 0 bridgehead atoms. The first-order valence-electron chi connectivity index (χ1n) is 5.78. The second-order valence-corrected chi connectivity index (χ2v) is 5.86. The Kier molecular flexibility index (Phi) is 5.22. The van der Waals surface area contributed by atoms with E-state index in [-0.39, 0.29) is 0 Å². The van der Waals surface area contributed by atoms with Crippen molar-refractivity contribution in [2.75, 3.05) is 10.6 Å². The largest absolute Gasteiger partial charge is 0.318 e. The lowest BCUT2D eigenvalue weighted by molar-refractivity contribution is -0.132. The molecule has 0 atom stereocenters. The summed E-state index contributed by atoms with van der Waals surface area (Å²) in [6, 6.07) is 11.4. The second kappa shape index (κ2) is 6.93. The van der Waals surface area contributed by atoms with E-state index < -0.39 is 11.8 Å². The Morgan fingerprint density at radius 3 is 1.81 bits per heavy atom. The van der Waals surface area contributed by atoms with Gasteiger partial charge in [0.2, 0.25) is 0 Å². The van der Waals surface area contributed by atoms with E-state index in [0.717, 1.165) is 4.47 Å². The highest BCUT2D eigenvalue weighted by molar-refractivity contribution is 9.10.